The molecule has 0 spiro atoms. The maximum absolute atomic E-state index is 6.23. The van der Waals surface area contributed by atoms with Crippen molar-refractivity contribution in [3.8, 4) is 5.75 Å². The first-order chi connectivity index (χ1) is 13.1. The molecule has 0 amide bonds. The SMILES string of the molecule is Cc1cccc(Cn2c(C)c(C)[n+]3cccc(OCc4ccccc4)c23)c1.[Br-]. The fourth-order valence-corrected chi connectivity index (χ4v) is 3.58. The first-order valence-electron chi connectivity index (χ1n) is 9.36. The highest BCUT2D eigenvalue weighted by Gasteiger charge is 2.23. The fraction of sp³-hybridized carbons (Fsp3) is 0.208. The van der Waals surface area contributed by atoms with E-state index in [1.54, 1.807) is 0 Å². The first kappa shape index (κ1) is 20.2. The van der Waals surface area contributed by atoms with Crippen LogP contribution in [0.1, 0.15) is 28.1 Å². The fourth-order valence-electron chi connectivity index (χ4n) is 3.58. The summed E-state index contributed by atoms with van der Waals surface area (Å²) in [6, 6.07) is 23.1. The summed E-state index contributed by atoms with van der Waals surface area (Å²) in [7, 11) is 0. The van der Waals surface area contributed by atoms with Gasteiger partial charge in [0.25, 0.3) is 0 Å². The lowest BCUT2D eigenvalue weighted by atomic mass is 10.1. The molecule has 0 fully saturated rings. The normalized spacial score (nSPS) is 10.7. The Labute approximate surface area is 177 Å². The minimum Gasteiger partial charge on any atom is -1.00 e. The zero-order valence-electron chi connectivity index (χ0n) is 16.5. The van der Waals surface area contributed by atoms with Crippen molar-refractivity contribution in [3.05, 3.63) is 101 Å². The van der Waals surface area contributed by atoms with Crippen LogP contribution in [0.3, 0.4) is 0 Å². The second-order valence-corrected chi connectivity index (χ2v) is 7.09. The molecule has 4 rings (SSSR count). The molecule has 2 heterocycles. The molecule has 0 radical (unpaired) electrons. The van der Waals surface area contributed by atoms with Crippen molar-refractivity contribution in [2.75, 3.05) is 0 Å². The van der Waals surface area contributed by atoms with Crippen molar-refractivity contribution in [1.82, 2.24) is 4.57 Å². The molecule has 0 saturated carbocycles. The molecular formula is C24H25BrN2O. The molecule has 0 aliphatic rings. The number of hydrogen-bond acceptors (Lipinski definition) is 1. The number of benzene rings is 2. The number of rotatable bonds is 5. The molecule has 28 heavy (non-hydrogen) atoms. The highest BCUT2D eigenvalue weighted by molar-refractivity contribution is 5.51. The summed E-state index contributed by atoms with van der Waals surface area (Å²) in [5.41, 5.74) is 7.35. The lowest BCUT2D eigenvalue weighted by molar-refractivity contribution is -0.519. The summed E-state index contributed by atoms with van der Waals surface area (Å²) in [6.07, 6.45) is 2.11. The number of nitrogens with zero attached hydrogens (tertiary/aromatic N) is 2. The number of pyridine rings is 1. The van der Waals surface area contributed by atoms with Crippen LogP contribution in [0.25, 0.3) is 5.65 Å². The zero-order valence-corrected chi connectivity index (χ0v) is 18.1. The van der Waals surface area contributed by atoms with E-state index in [-0.39, 0.29) is 17.0 Å². The van der Waals surface area contributed by atoms with Crippen molar-refractivity contribution in [3.63, 3.8) is 0 Å². The third-order valence-corrected chi connectivity index (χ3v) is 5.14. The maximum atomic E-state index is 6.23. The van der Waals surface area contributed by atoms with E-state index in [4.69, 9.17) is 4.74 Å². The molecule has 4 heteroatoms. The van der Waals surface area contributed by atoms with E-state index in [0.29, 0.717) is 6.61 Å². The number of halogens is 1. The van der Waals surface area contributed by atoms with E-state index >= 15 is 0 Å². The second kappa shape index (κ2) is 8.61. The van der Waals surface area contributed by atoms with Crippen LogP contribution in [0.15, 0.2) is 72.9 Å². The minimum atomic E-state index is 0. The smallest absolute Gasteiger partial charge is 0.329 e. The topological polar surface area (TPSA) is 18.3 Å². The average Bonchev–Trinajstić information content (AvgIpc) is 2.93. The van der Waals surface area contributed by atoms with Crippen LogP contribution < -0.4 is 26.1 Å². The Balaban J connectivity index is 0.00000225. The van der Waals surface area contributed by atoms with Gasteiger partial charge in [-0.15, -0.1) is 0 Å². The Bertz CT molecular complexity index is 1090. The van der Waals surface area contributed by atoms with Crippen LogP contribution in [0, 0.1) is 20.8 Å². The van der Waals surface area contributed by atoms with E-state index in [9.17, 15) is 0 Å². The van der Waals surface area contributed by atoms with Crippen LogP contribution in [0.4, 0.5) is 0 Å². The van der Waals surface area contributed by atoms with E-state index in [1.807, 2.05) is 18.2 Å². The predicted octanol–water partition coefficient (Wildman–Crippen LogP) is 1.78. The third-order valence-electron chi connectivity index (χ3n) is 5.14. The van der Waals surface area contributed by atoms with E-state index in [1.165, 1.54) is 28.1 Å². The maximum Gasteiger partial charge on any atom is 0.329 e. The van der Waals surface area contributed by atoms with E-state index < -0.39 is 0 Å². The summed E-state index contributed by atoms with van der Waals surface area (Å²) < 4.78 is 10.8. The highest BCUT2D eigenvalue weighted by Crippen LogP contribution is 2.23. The zero-order chi connectivity index (χ0) is 18.8. The highest BCUT2D eigenvalue weighted by atomic mass is 79.9. The van der Waals surface area contributed by atoms with E-state index in [0.717, 1.165) is 17.9 Å². The molecule has 0 unspecified atom stereocenters. The van der Waals surface area contributed by atoms with E-state index in [2.05, 4.69) is 84.5 Å². The van der Waals surface area contributed by atoms with Gasteiger partial charge in [0, 0.05) is 13.8 Å². The standard InChI is InChI=1S/C24H25N2O.BrH/c1-18-9-7-12-22(15-18)16-26-20(3)19(2)25-14-8-13-23(24(25)26)27-17-21-10-5-4-6-11-21;/h4-15H,16-17H2,1-3H3;1H/q+1;/p-1. The van der Waals surface area contributed by atoms with Gasteiger partial charge in [-0.3, -0.25) is 0 Å². The van der Waals surface area contributed by atoms with Crippen LogP contribution in [-0.4, -0.2) is 4.57 Å². The molecule has 0 saturated heterocycles. The molecule has 0 aliphatic carbocycles. The Morgan fingerprint density at radius 1 is 0.857 bits per heavy atom. The molecule has 4 aromatic rings. The average molecular weight is 437 g/mol. The number of fused-ring (bicyclic) bond motifs is 1. The number of hydrogen-bond donors (Lipinski definition) is 0. The van der Waals surface area contributed by atoms with Crippen LogP contribution in [-0.2, 0) is 13.2 Å². The van der Waals surface area contributed by atoms with Gasteiger partial charge in [-0.05, 0) is 30.2 Å². The van der Waals surface area contributed by atoms with Crippen molar-refractivity contribution >= 4 is 5.65 Å². The quantitative estimate of drug-likeness (QED) is 0.436. The summed E-state index contributed by atoms with van der Waals surface area (Å²) in [4.78, 5) is 0. The van der Waals surface area contributed by atoms with Gasteiger partial charge in [0.2, 0.25) is 5.75 Å². The molecule has 2 aromatic heterocycles. The van der Waals surface area contributed by atoms with Crippen molar-refractivity contribution in [1.29, 1.82) is 0 Å². The summed E-state index contributed by atoms with van der Waals surface area (Å²) >= 11 is 0. The molecule has 3 nitrogen and oxygen atoms in total. The Kier molecular flexibility index (Phi) is 6.20. The number of aryl methyl sites for hydroxylation is 2. The van der Waals surface area contributed by atoms with Gasteiger partial charge in [-0.25, -0.2) is 4.57 Å². The van der Waals surface area contributed by atoms with Crippen molar-refractivity contribution < 1.29 is 26.1 Å². The number of aromatic nitrogens is 2. The third kappa shape index (κ3) is 3.97. The molecule has 0 aliphatic heterocycles. The summed E-state index contributed by atoms with van der Waals surface area (Å²) in [5, 5.41) is 0. The van der Waals surface area contributed by atoms with Crippen molar-refractivity contribution in [2.45, 2.75) is 33.9 Å². The van der Waals surface area contributed by atoms with Gasteiger partial charge in [-0.1, -0.05) is 60.2 Å². The predicted molar refractivity (Wildman–Crippen MR) is 108 cm³/mol. The summed E-state index contributed by atoms with van der Waals surface area (Å²) in [6.45, 7) is 7.87. The molecule has 2 aromatic carbocycles. The Morgan fingerprint density at radius 2 is 1.61 bits per heavy atom. The van der Waals surface area contributed by atoms with Crippen LogP contribution in [0.5, 0.6) is 5.75 Å². The number of ether oxygens (including phenoxy) is 1. The van der Waals surface area contributed by atoms with Crippen LogP contribution >= 0.6 is 0 Å². The number of imidazole rings is 1. The summed E-state index contributed by atoms with van der Waals surface area (Å²) in [5.74, 6) is 0.908. The molecule has 0 atom stereocenters. The minimum absolute atomic E-state index is 0. The molecular weight excluding hydrogens is 412 g/mol. The Hall–Kier alpha value is -2.59. The second-order valence-electron chi connectivity index (χ2n) is 7.09. The van der Waals surface area contributed by atoms with Gasteiger partial charge in [0.1, 0.15) is 24.5 Å². The van der Waals surface area contributed by atoms with Crippen molar-refractivity contribution in [2.24, 2.45) is 0 Å². The lowest BCUT2D eigenvalue weighted by Gasteiger charge is -2.08. The first-order valence-corrected chi connectivity index (χ1v) is 9.36. The van der Waals surface area contributed by atoms with Gasteiger partial charge < -0.3 is 21.7 Å². The Morgan fingerprint density at radius 3 is 2.36 bits per heavy atom. The lowest BCUT2D eigenvalue weighted by Crippen LogP contribution is -3.00. The van der Waals surface area contributed by atoms with Gasteiger partial charge in [-0.2, -0.15) is 4.40 Å². The van der Waals surface area contributed by atoms with Crippen LogP contribution in [0.2, 0.25) is 0 Å². The molecule has 0 N–H and O–H groups in total. The largest absolute Gasteiger partial charge is 1.00 e. The monoisotopic (exact) mass is 436 g/mol. The van der Waals surface area contributed by atoms with Gasteiger partial charge in [0.15, 0.2) is 0 Å². The molecule has 144 valence electrons. The van der Waals surface area contributed by atoms with Gasteiger partial charge >= 0.3 is 5.65 Å². The van der Waals surface area contributed by atoms with Gasteiger partial charge in [0.05, 0.1) is 6.20 Å². The molecule has 0 bridgehead atoms.